The molecule has 0 spiro atoms. The van der Waals surface area contributed by atoms with Crippen molar-refractivity contribution in [1.29, 1.82) is 0 Å². The van der Waals surface area contributed by atoms with Gasteiger partial charge in [-0.05, 0) is 151 Å². The normalized spacial score (nSPS) is 15.7. The minimum absolute atomic E-state index is 0. The maximum Gasteiger partial charge on any atom is 1.00 e. The zero-order valence-electron chi connectivity index (χ0n) is 64.3. The number of nitrogens with one attached hydrogen (secondary N) is 2. The number of anilines is 4. The fraction of sp³-hybridized carbons (Fsp3) is 0.307. The molecule has 0 bridgehead atoms. The van der Waals surface area contributed by atoms with Gasteiger partial charge in [-0.25, -0.2) is 14.8 Å². The van der Waals surface area contributed by atoms with Crippen LogP contribution in [0.5, 0.6) is 0 Å². The molecule has 113 heavy (non-hydrogen) atoms. The summed E-state index contributed by atoms with van der Waals surface area (Å²) in [5.41, 5.74) is 17.3. The van der Waals surface area contributed by atoms with E-state index in [1.807, 2.05) is 116 Å². The second kappa shape index (κ2) is 41.3. The molecule has 0 unspecified atom stereocenters. The minimum Gasteiger partial charge on any atom is -0.870 e. The van der Waals surface area contributed by atoms with Gasteiger partial charge in [0.2, 0.25) is 0 Å². The van der Waals surface area contributed by atoms with Crippen LogP contribution in [0.15, 0.2) is 217 Å². The zero-order valence-corrected chi connectivity index (χ0v) is 66.0. The summed E-state index contributed by atoms with van der Waals surface area (Å²) < 4.78 is 0. The molecule has 18 rings (SSSR count). The van der Waals surface area contributed by atoms with Crippen molar-refractivity contribution in [2.75, 3.05) is 125 Å². The monoisotopic (exact) mass is 1550 g/mol. The molecule has 0 aliphatic carbocycles. The topological polar surface area (TPSA) is 277 Å². The zero-order chi connectivity index (χ0) is 76.3. The summed E-state index contributed by atoms with van der Waals surface area (Å²) >= 11 is 2.82. The number of likely N-dealkylation sites (tertiary alicyclic amines) is 1. The van der Waals surface area contributed by atoms with Crippen LogP contribution in [0.3, 0.4) is 0 Å². The molecular weight excluding hydrogens is 1460 g/mol. The first-order chi connectivity index (χ1) is 53.7. The summed E-state index contributed by atoms with van der Waals surface area (Å²) in [5, 5.41) is 20.4. The molecule has 8 aliphatic rings. The molecule has 22 nitrogen and oxygen atoms in total. The Bertz CT molecular complexity index is 4670. The number of hydrogen-bond acceptors (Lipinski definition) is 19. The average Bonchev–Trinajstić information content (AvgIpc) is 1.25. The second-order valence-electron chi connectivity index (χ2n) is 28.5. The van der Waals surface area contributed by atoms with E-state index in [-0.39, 0.29) is 59.1 Å². The number of Topliss-reactive ketones (excluding diaryl/α,β-unsaturated/α-hetero) is 2. The van der Waals surface area contributed by atoms with Gasteiger partial charge in [0.25, 0.3) is 17.7 Å². The predicted molar refractivity (Wildman–Crippen MR) is 441 cm³/mol. The first kappa shape index (κ1) is 84.9. The van der Waals surface area contributed by atoms with Gasteiger partial charge in [-0.15, -0.1) is 22.7 Å². The van der Waals surface area contributed by atoms with Crippen LogP contribution in [0.1, 0.15) is 124 Å². The summed E-state index contributed by atoms with van der Waals surface area (Å²) in [4.78, 5) is 107. The van der Waals surface area contributed by atoms with Crippen molar-refractivity contribution >= 4 is 87.0 Å². The Morgan fingerprint density at radius 3 is 1.23 bits per heavy atom. The van der Waals surface area contributed by atoms with E-state index in [2.05, 4.69) is 124 Å². The van der Waals surface area contributed by atoms with Gasteiger partial charge in [-0.2, -0.15) is 0 Å². The Labute approximate surface area is 680 Å². The fourth-order valence-corrected chi connectivity index (χ4v) is 16.1. The van der Waals surface area contributed by atoms with Crippen LogP contribution in [-0.2, 0) is 45.3 Å². The van der Waals surface area contributed by atoms with Gasteiger partial charge in [-0.3, -0.25) is 38.6 Å². The van der Waals surface area contributed by atoms with E-state index in [1.165, 1.54) is 73.1 Å². The molecule has 0 saturated carbocycles. The van der Waals surface area contributed by atoms with Crippen LogP contribution in [0.2, 0.25) is 0 Å². The Morgan fingerprint density at radius 1 is 0.451 bits per heavy atom. The second-order valence-corrected chi connectivity index (χ2v) is 30.3. The van der Waals surface area contributed by atoms with Gasteiger partial charge >= 0.3 is 24.8 Å². The Morgan fingerprint density at radius 2 is 0.841 bits per heavy atom. The van der Waals surface area contributed by atoms with Gasteiger partial charge in [0.15, 0.2) is 21.6 Å². The molecule has 582 valence electrons. The molecule has 0 atom stereocenters. The average molecular weight is 1550 g/mol. The van der Waals surface area contributed by atoms with E-state index < -0.39 is 5.97 Å². The molecule has 2 aromatic heterocycles. The molecule has 8 aliphatic heterocycles. The number of carboxylic acid groups (broad SMARTS) is 1. The quantitative estimate of drug-likeness (QED) is 0.0492. The summed E-state index contributed by atoms with van der Waals surface area (Å²) in [6.07, 6.45) is 8.17. The molecule has 6 N–H and O–H groups in total. The Hall–Kier alpha value is -10.5. The number of hydrogen-bond donors (Lipinski definition) is 3. The van der Waals surface area contributed by atoms with Gasteiger partial charge < -0.3 is 56.1 Å². The molecule has 25 heteroatoms. The Balaban J connectivity index is 0.000000151. The van der Waals surface area contributed by atoms with Crippen molar-refractivity contribution < 1.29 is 68.5 Å². The standard InChI is InChI=1S/C27H29N5O2S.C17H17NO.C16H15NO2.C11H16N4OS.C10H11NO.C7H6O.Li.2H2O/c33-26(22-6-7-24-21(16-22)8-10-31(24)17-20-4-2-1-3-5-20)32-18-23(19-32)29-11-13-30(14-12-29)27(34)25-28-9-15-35-25;1-13(19)15-7-8-17-16(11-15)9-10-18(17)12-14-5-3-2-4-6-14;18-16(19)14-6-7-15-13(10-14)8-9-17(15)11-12-4-2-1-3-5-12;16-11(10-13-1-6-17-10)15-4-2-14(3-5-15)9-7-12-8-9;1-7(12)8-2-3-10-9(6-8)4-5-11-10;8-6-7-4-2-1-3-5-7;;;/h1-7,9,15-16,23H,8,10-14,17-19H2;2-8,11H,9-10,12H2,1H3;1-7,10H,8-9,11H2,(H,18,19);1,6,9,12H,2-5,7-8H2;2-3,6,11H,4-5H2,1H3;1-6H;;2*1H2/q;;;;;;+1;;/p-1. The summed E-state index contributed by atoms with van der Waals surface area (Å²) in [7, 11) is 0. The largest absolute Gasteiger partial charge is 1.00 e. The van der Waals surface area contributed by atoms with Crippen LogP contribution in [0, 0.1) is 0 Å². The van der Waals surface area contributed by atoms with Gasteiger partial charge in [-0.1, -0.05) is 121 Å². The van der Waals surface area contributed by atoms with E-state index in [4.69, 9.17) is 5.11 Å². The summed E-state index contributed by atoms with van der Waals surface area (Å²) in [6.45, 7) is 20.4. The Kier molecular flexibility index (Phi) is 31.1. The number of thiazole rings is 2. The summed E-state index contributed by atoms with van der Waals surface area (Å²) in [6, 6.07) is 65.0. The van der Waals surface area contributed by atoms with Crippen LogP contribution in [-0.4, -0.2) is 209 Å². The van der Waals surface area contributed by atoms with E-state index in [0.29, 0.717) is 40.8 Å². The molecule has 4 saturated heterocycles. The SMILES string of the molecule is CC(=O)c1ccc2c(c1)CCN2.CC(=O)c1ccc2c(c1)CCN2Cc1ccccc1.O.O=C(O)c1ccc2c(c1)CCN2Cc1ccccc1.O=C(c1ccc2c(c1)CCN2Cc1ccccc1)N1CC(N2CCN(C(=O)c3nccs3)CC2)C1.O=C(c1nccs1)N1CCN(C2CNC2)CC1.O=Cc1ccccc1.[Li+].[OH-]. The van der Waals surface area contributed by atoms with Gasteiger partial charge in [0.05, 0.1) is 5.56 Å². The van der Waals surface area contributed by atoms with Crippen molar-refractivity contribution in [2.45, 2.75) is 71.2 Å². The smallest absolute Gasteiger partial charge is 0.870 e. The van der Waals surface area contributed by atoms with Crippen molar-refractivity contribution in [2.24, 2.45) is 0 Å². The number of nitrogens with zero attached hydrogens (tertiary/aromatic N) is 10. The number of aldehydes is 1. The predicted octanol–water partition coefficient (Wildman–Crippen LogP) is 8.62. The van der Waals surface area contributed by atoms with Crippen molar-refractivity contribution in [1.82, 2.24) is 39.8 Å². The van der Waals surface area contributed by atoms with E-state index >= 15 is 0 Å². The number of carboxylic acids is 1. The van der Waals surface area contributed by atoms with Crippen molar-refractivity contribution in [3.63, 3.8) is 0 Å². The number of piperazine rings is 2. The van der Waals surface area contributed by atoms with Crippen LogP contribution in [0.25, 0.3) is 0 Å². The number of carbonyl (C=O) groups is 7. The third-order valence-corrected chi connectivity index (χ3v) is 22.8. The number of aromatic carboxylic acids is 1. The number of carbonyl (C=O) groups excluding carboxylic acids is 6. The minimum atomic E-state index is -0.857. The molecular formula is C88H97LiN12O10S2. The van der Waals surface area contributed by atoms with Crippen molar-refractivity contribution in [3.8, 4) is 0 Å². The molecule has 10 heterocycles. The first-order valence-corrected chi connectivity index (χ1v) is 39.7. The summed E-state index contributed by atoms with van der Waals surface area (Å²) in [5.74, 6) is -0.322. The maximum absolute atomic E-state index is 13.1. The maximum atomic E-state index is 13.1. The van der Waals surface area contributed by atoms with E-state index in [0.717, 1.165) is 177 Å². The molecule has 4 fully saturated rings. The third-order valence-electron chi connectivity index (χ3n) is 21.3. The molecule has 8 aromatic carbocycles. The van der Waals surface area contributed by atoms with Gasteiger partial charge in [0, 0.05) is 205 Å². The number of benzene rings is 8. The fourth-order valence-electron chi connectivity index (χ4n) is 14.9. The number of fused-ring (bicyclic) bond motifs is 4. The molecule has 3 amide bonds. The molecule has 10 aromatic rings. The van der Waals surface area contributed by atoms with Crippen LogP contribution in [0.4, 0.5) is 22.7 Å². The molecule has 0 radical (unpaired) electrons. The third kappa shape index (κ3) is 22.3. The van der Waals surface area contributed by atoms with Crippen LogP contribution < -0.4 is 44.2 Å². The van der Waals surface area contributed by atoms with Crippen LogP contribution >= 0.6 is 22.7 Å². The number of ketones is 2. The van der Waals surface area contributed by atoms with E-state index in [1.54, 1.807) is 50.5 Å². The number of amides is 3. The number of aromatic nitrogens is 2. The van der Waals surface area contributed by atoms with E-state index in [9.17, 15) is 33.6 Å². The number of rotatable bonds is 15. The first-order valence-electron chi connectivity index (χ1n) is 37.9. The van der Waals surface area contributed by atoms with Crippen molar-refractivity contribution in [3.05, 3.63) is 294 Å². The van der Waals surface area contributed by atoms with Gasteiger partial charge in [0.1, 0.15) is 6.29 Å².